The summed E-state index contributed by atoms with van der Waals surface area (Å²) >= 11 is 0. The maximum atomic E-state index is 12.2. The van der Waals surface area contributed by atoms with Gasteiger partial charge in [0.25, 0.3) is 5.56 Å². The lowest BCUT2D eigenvalue weighted by Gasteiger charge is -2.11. The van der Waals surface area contributed by atoms with Crippen molar-refractivity contribution in [3.63, 3.8) is 0 Å². The van der Waals surface area contributed by atoms with Gasteiger partial charge >= 0.3 is 0 Å². The number of nitrogens with one attached hydrogen (secondary N) is 1. The molecule has 0 radical (unpaired) electrons. The van der Waals surface area contributed by atoms with Crippen LogP contribution in [-0.2, 0) is 30.7 Å². The number of fused-ring (bicyclic) bond motifs is 1. The van der Waals surface area contributed by atoms with E-state index in [1.807, 2.05) is 24.3 Å². The molecule has 3 rings (SSSR count). The smallest absolute Gasteiger partial charge is 0.267 e. The van der Waals surface area contributed by atoms with Gasteiger partial charge in [0.1, 0.15) is 12.3 Å². The molecule has 0 unspecified atom stereocenters. The van der Waals surface area contributed by atoms with E-state index in [1.54, 1.807) is 13.2 Å². The number of carbonyl (C=O) groups excluding carboxylic acids is 1. The number of para-hydroxylation sites is 1. The Morgan fingerprint density at radius 2 is 2.04 bits per heavy atom. The van der Waals surface area contributed by atoms with Crippen LogP contribution in [0.25, 0.3) is 0 Å². The van der Waals surface area contributed by atoms with E-state index < -0.39 is 0 Å². The van der Waals surface area contributed by atoms with Gasteiger partial charge in [0.05, 0.1) is 12.8 Å². The highest BCUT2D eigenvalue weighted by Crippen LogP contribution is 2.17. The molecule has 6 heteroatoms. The number of carbonyl (C=O) groups is 1. The fraction of sp³-hybridized carbons (Fsp3) is 0.421. The highest BCUT2D eigenvalue weighted by Gasteiger charge is 2.14. The lowest BCUT2D eigenvalue weighted by atomic mass is 10.1. The molecule has 0 saturated carbocycles. The predicted octanol–water partition coefficient (Wildman–Crippen LogP) is 1.84. The monoisotopic (exact) mass is 341 g/mol. The van der Waals surface area contributed by atoms with Crippen LogP contribution in [0.2, 0.25) is 0 Å². The number of hydrogen-bond acceptors (Lipinski definition) is 4. The molecule has 0 aliphatic heterocycles. The van der Waals surface area contributed by atoms with Crippen LogP contribution >= 0.6 is 0 Å². The van der Waals surface area contributed by atoms with Crippen molar-refractivity contribution in [2.75, 3.05) is 7.11 Å². The lowest BCUT2D eigenvalue weighted by Crippen LogP contribution is -2.34. The Balaban J connectivity index is 1.67. The molecule has 0 bridgehead atoms. The Labute approximate surface area is 146 Å². The molecule has 1 aromatic heterocycles. The molecular weight excluding hydrogens is 318 g/mol. The number of aromatic nitrogens is 2. The van der Waals surface area contributed by atoms with Crippen LogP contribution in [0.4, 0.5) is 0 Å². The van der Waals surface area contributed by atoms with Crippen LogP contribution in [0.5, 0.6) is 5.75 Å². The van der Waals surface area contributed by atoms with Gasteiger partial charge in [-0.05, 0) is 37.3 Å². The van der Waals surface area contributed by atoms with Crippen molar-refractivity contribution in [3.05, 3.63) is 57.5 Å². The molecule has 0 saturated heterocycles. The van der Waals surface area contributed by atoms with Gasteiger partial charge in [-0.15, -0.1) is 0 Å². The summed E-state index contributed by atoms with van der Waals surface area (Å²) in [5, 5.41) is 7.24. The van der Waals surface area contributed by atoms with Crippen molar-refractivity contribution in [1.82, 2.24) is 15.1 Å². The normalized spacial score (nSPS) is 13.6. The van der Waals surface area contributed by atoms with Crippen molar-refractivity contribution < 1.29 is 9.53 Å². The number of hydrogen-bond donors (Lipinski definition) is 1. The van der Waals surface area contributed by atoms with E-state index in [0.29, 0.717) is 6.54 Å². The molecule has 1 N–H and O–H groups in total. The summed E-state index contributed by atoms with van der Waals surface area (Å²) in [7, 11) is 1.60. The van der Waals surface area contributed by atoms with Crippen molar-refractivity contribution in [2.45, 2.75) is 45.2 Å². The van der Waals surface area contributed by atoms with E-state index in [-0.39, 0.29) is 18.0 Å². The van der Waals surface area contributed by atoms with Crippen molar-refractivity contribution in [1.29, 1.82) is 0 Å². The van der Waals surface area contributed by atoms with E-state index in [1.165, 1.54) is 4.68 Å². The Bertz CT molecular complexity index is 814. The third kappa shape index (κ3) is 4.26. The zero-order valence-electron chi connectivity index (χ0n) is 14.5. The third-order valence-electron chi connectivity index (χ3n) is 4.49. The average molecular weight is 341 g/mol. The first-order valence-corrected chi connectivity index (χ1v) is 8.66. The molecule has 0 atom stereocenters. The van der Waals surface area contributed by atoms with Crippen molar-refractivity contribution in [3.8, 4) is 5.75 Å². The summed E-state index contributed by atoms with van der Waals surface area (Å²) in [6.45, 7) is 0.282. The standard InChI is InChI=1S/C19H23N3O3/c1-25-17-10-6-5-8-15(17)12-20-18(23)13-22-19(24)11-14-7-3-2-4-9-16(14)21-22/h5-6,8,10-11H,2-4,7,9,12-13H2,1H3,(H,20,23). The molecule has 1 aliphatic carbocycles. The van der Waals surface area contributed by atoms with Crippen LogP contribution in [-0.4, -0.2) is 22.8 Å². The number of ether oxygens (including phenoxy) is 1. The van der Waals surface area contributed by atoms with E-state index in [0.717, 1.165) is 54.7 Å². The summed E-state index contributed by atoms with van der Waals surface area (Å²) in [5.74, 6) is 0.484. The molecule has 25 heavy (non-hydrogen) atoms. The molecule has 132 valence electrons. The maximum absolute atomic E-state index is 12.2. The second-order valence-electron chi connectivity index (χ2n) is 6.26. The molecule has 2 aromatic rings. The van der Waals surface area contributed by atoms with E-state index >= 15 is 0 Å². The van der Waals surface area contributed by atoms with Gasteiger partial charge in [0.2, 0.25) is 5.91 Å². The van der Waals surface area contributed by atoms with E-state index in [9.17, 15) is 9.59 Å². The van der Waals surface area contributed by atoms with E-state index in [4.69, 9.17) is 4.74 Å². The van der Waals surface area contributed by atoms with Gasteiger partial charge in [-0.2, -0.15) is 5.10 Å². The van der Waals surface area contributed by atoms with Crippen LogP contribution in [0.3, 0.4) is 0 Å². The van der Waals surface area contributed by atoms with Gasteiger partial charge in [-0.25, -0.2) is 4.68 Å². The summed E-state index contributed by atoms with van der Waals surface area (Å²) in [6, 6.07) is 9.15. The Morgan fingerprint density at radius 3 is 2.88 bits per heavy atom. The number of benzene rings is 1. The van der Waals surface area contributed by atoms with Crippen LogP contribution in [0, 0.1) is 0 Å². The van der Waals surface area contributed by atoms with E-state index in [2.05, 4.69) is 10.4 Å². The summed E-state index contributed by atoms with van der Waals surface area (Å²) in [4.78, 5) is 24.4. The zero-order chi connectivity index (χ0) is 17.6. The topological polar surface area (TPSA) is 73.2 Å². The number of rotatable bonds is 5. The minimum absolute atomic E-state index is 0.0682. The molecule has 0 spiro atoms. The van der Waals surface area contributed by atoms with Crippen molar-refractivity contribution >= 4 is 5.91 Å². The van der Waals surface area contributed by atoms with Crippen LogP contribution in [0.15, 0.2) is 35.1 Å². The Hall–Kier alpha value is -2.63. The zero-order valence-corrected chi connectivity index (χ0v) is 14.5. The number of methoxy groups -OCH3 is 1. The lowest BCUT2D eigenvalue weighted by molar-refractivity contribution is -0.122. The van der Waals surface area contributed by atoms with Gasteiger partial charge in [0, 0.05) is 18.2 Å². The molecule has 6 nitrogen and oxygen atoms in total. The minimum atomic E-state index is -0.242. The number of aryl methyl sites for hydroxylation is 2. The predicted molar refractivity (Wildman–Crippen MR) is 94.6 cm³/mol. The molecule has 1 heterocycles. The second kappa shape index (κ2) is 7.96. The third-order valence-corrected chi connectivity index (χ3v) is 4.49. The Kier molecular flexibility index (Phi) is 5.48. The SMILES string of the molecule is COc1ccccc1CNC(=O)Cn1nc2c(cc1=O)CCCCC2. The summed E-state index contributed by atoms with van der Waals surface area (Å²) in [5.41, 5.74) is 2.66. The number of amides is 1. The molecule has 1 aromatic carbocycles. The second-order valence-corrected chi connectivity index (χ2v) is 6.26. The van der Waals surface area contributed by atoms with Gasteiger partial charge in [-0.3, -0.25) is 9.59 Å². The van der Waals surface area contributed by atoms with Crippen molar-refractivity contribution in [2.24, 2.45) is 0 Å². The van der Waals surface area contributed by atoms with Gasteiger partial charge < -0.3 is 10.1 Å². The highest BCUT2D eigenvalue weighted by molar-refractivity contribution is 5.75. The largest absolute Gasteiger partial charge is 0.496 e. The number of nitrogens with zero attached hydrogens (tertiary/aromatic N) is 2. The van der Waals surface area contributed by atoms with Crippen LogP contribution in [0.1, 0.15) is 36.1 Å². The molecule has 0 fully saturated rings. The first-order chi connectivity index (χ1) is 12.2. The maximum Gasteiger partial charge on any atom is 0.267 e. The molecule has 1 amide bonds. The average Bonchev–Trinajstić information content (AvgIpc) is 2.85. The minimum Gasteiger partial charge on any atom is -0.496 e. The molecule has 1 aliphatic rings. The van der Waals surface area contributed by atoms with Gasteiger partial charge in [-0.1, -0.05) is 24.6 Å². The Morgan fingerprint density at radius 1 is 1.24 bits per heavy atom. The molecular formula is C19H23N3O3. The van der Waals surface area contributed by atoms with Crippen LogP contribution < -0.4 is 15.6 Å². The summed E-state index contributed by atoms with van der Waals surface area (Å²) < 4.78 is 6.54. The van der Waals surface area contributed by atoms with Gasteiger partial charge in [0.15, 0.2) is 0 Å². The fourth-order valence-corrected chi connectivity index (χ4v) is 3.13. The highest BCUT2D eigenvalue weighted by atomic mass is 16.5. The first kappa shape index (κ1) is 17.2. The quantitative estimate of drug-likeness (QED) is 0.842. The first-order valence-electron chi connectivity index (χ1n) is 8.66. The fourth-order valence-electron chi connectivity index (χ4n) is 3.13. The summed E-state index contributed by atoms with van der Waals surface area (Å²) in [6.07, 6.45) is 5.11.